The predicted molar refractivity (Wildman–Crippen MR) is 158 cm³/mol. The van der Waals surface area contributed by atoms with Crippen LogP contribution in [0.25, 0.3) is 16.8 Å². The van der Waals surface area contributed by atoms with E-state index in [0.717, 1.165) is 60.8 Å². The highest BCUT2D eigenvalue weighted by Crippen LogP contribution is 2.53. The molecular formula is C29H34ClN7OS. The number of benzene rings is 1. The van der Waals surface area contributed by atoms with Crippen LogP contribution < -0.4 is 15.4 Å². The molecule has 3 aromatic heterocycles. The van der Waals surface area contributed by atoms with Crippen LogP contribution in [0.15, 0.2) is 48.9 Å². The number of nitrogens with zero attached hydrogens (tertiary/aromatic N) is 5. The summed E-state index contributed by atoms with van der Waals surface area (Å²) in [5.41, 5.74) is 11.9. The monoisotopic (exact) mass is 563 g/mol. The molecule has 2 atom stereocenters. The summed E-state index contributed by atoms with van der Waals surface area (Å²) in [5.74, 6) is 1.16. The maximum atomic E-state index is 13.2. The summed E-state index contributed by atoms with van der Waals surface area (Å²) in [6.45, 7) is 9.74. The van der Waals surface area contributed by atoms with E-state index >= 15 is 0 Å². The molecule has 1 spiro atoms. The van der Waals surface area contributed by atoms with Gasteiger partial charge in [-0.05, 0) is 64.2 Å². The van der Waals surface area contributed by atoms with Gasteiger partial charge in [0.2, 0.25) is 5.95 Å². The van der Waals surface area contributed by atoms with E-state index in [0.29, 0.717) is 5.02 Å². The third-order valence-electron chi connectivity index (χ3n) is 8.24. The van der Waals surface area contributed by atoms with Crippen molar-refractivity contribution in [2.24, 2.45) is 5.41 Å². The molecule has 1 aliphatic carbocycles. The number of anilines is 2. The fraction of sp³-hybridized carbons (Fsp3) is 0.414. The summed E-state index contributed by atoms with van der Waals surface area (Å²) in [6.07, 6.45) is 8.32. The van der Waals surface area contributed by atoms with Crippen LogP contribution in [0.1, 0.15) is 56.5 Å². The molecule has 4 heterocycles. The molecule has 1 aliphatic heterocycles. The number of rotatable bonds is 4. The lowest BCUT2D eigenvalue weighted by atomic mass is 9.73. The van der Waals surface area contributed by atoms with E-state index in [4.69, 9.17) is 22.3 Å². The number of aryl methyl sites for hydroxylation is 1. The lowest BCUT2D eigenvalue weighted by molar-refractivity contribution is 0.175. The van der Waals surface area contributed by atoms with Gasteiger partial charge in [0.05, 0.1) is 16.8 Å². The van der Waals surface area contributed by atoms with Crippen LogP contribution in [0.2, 0.25) is 5.02 Å². The number of halogens is 1. The van der Waals surface area contributed by atoms with Gasteiger partial charge in [-0.15, -0.1) is 4.72 Å². The van der Waals surface area contributed by atoms with Crippen LogP contribution in [0.5, 0.6) is 0 Å². The van der Waals surface area contributed by atoms with E-state index in [1.807, 2.05) is 44.4 Å². The van der Waals surface area contributed by atoms with Crippen molar-refractivity contribution in [2.45, 2.75) is 57.7 Å². The second-order valence-electron chi connectivity index (χ2n) is 11.7. The molecular weight excluding hydrogens is 530 g/mol. The minimum Gasteiger partial charge on any atom is -0.598 e. The van der Waals surface area contributed by atoms with Gasteiger partial charge in [0, 0.05) is 59.6 Å². The van der Waals surface area contributed by atoms with Gasteiger partial charge in [-0.2, -0.15) is 0 Å². The fourth-order valence-electron chi connectivity index (χ4n) is 6.14. The number of nitrogens with two attached hydrogens (primary N) is 1. The highest BCUT2D eigenvalue weighted by Gasteiger charge is 2.50. The van der Waals surface area contributed by atoms with Crippen molar-refractivity contribution in [2.75, 3.05) is 23.7 Å². The van der Waals surface area contributed by atoms with E-state index in [9.17, 15) is 4.55 Å². The Morgan fingerprint density at radius 3 is 2.62 bits per heavy atom. The molecule has 3 N–H and O–H groups in total. The number of pyridine rings is 1. The van der Waals surface area contributed by atoms with Crippen molar-refractivity contribution in [1.29, 1.82) is 0 Å². The van der Waals surface area contributed by atoms with E-state index in [1.54, 1.807) is 12.4 Å². The van der Waals surface area contributed by atoms with Crippen LogP contribution in [-0.2, 0) is 17.8 Å². The summed E-state index contributed by atoms with van der Waals surface area (Å²) in [4.78, 5) is 16.2. The largest absolute Gasteiger partial charge is 0.598 e. The van der Waals surface area contributed by atoms with Crippen LogP contribution in [0, 0.1) is 12.3 Å². The molecule has 0 saturated carbocycles. The molecule has 39 heavy (non-hydrogen) atoms. The van der Waals surface area contributed by atoms with Gasteiger partial charge in [0.25, 0.3) is 0 Å². The number of hydrogen-bond acceptors (Lipinski definition) is 7. The number of nitrogens with one attached hydrogen (secondary N) is 1. The first-order chi connectivity index (χ1) is 18.6. The zero-order valence-corrected chi connectivity index (χ0v) is 24.3. The molecule has 0 amide bonds. The fourth-order valence-corrected chi connectivity index (χ4v) is 7.29. The maximum absolute atomic E-state index is 13.2. The Hall–Kier alpha value is -2.85. The molecule has 1 unspecified atom stereocenters. The molecule has 1 saturated heterocycles. The van der Waals surface area contributed by atoms with Crippen molar-refractivity contribution in [3.8, 4) is 11.1 Å². The number of piperidine rings is 1. The zero-order chi connectivity index (χ0) is 27.5. The second kappa shape index (κ2) is 9.66. The number of aromatic nitrogens is 4. The third kappa shape index (κ3) is 4.45. The van der Waals surface area contributed by atoms with Crippen LogP contribution in [0.3, 0.4) is 0 Å². The Labute approximate surface area is 237 Å². The Bertz CT molecular complexity index is 1540. The first kappa shape index (κ1) is 26.4. The van der Waals surface area contributed by atoms with E-state index in [-0.39, 0.29) is 22.0 Å². The first-order valence-electron chi connectivity index (χ1n) is 13.3. The topological polar surface area (TPSA) is 107 Å². The van der Waals surface area contributed by atoms with E-state index in [2.05, 4.69) is 43.9 Å². The summed E-state index contributed by atoms with van der Waals surface area (Å²) in [6, 6.07) is 10.5. The summed E-state index contributed by atoms with van der Waals surface area (Å²) >= 11 is 5.39. The smallest absolute Gasteiger partial charge is 0.211 e. The molecule has 2 aliphatic rings. The molecule has 0 radical (unpaired) electrons. The van der Waals surface area contributed by atoms with Crippen molar-refractivity contribution in [3.05, 3.63) is 70.8 Å². The van der Waals surface area contributed by atoms with Crippen molar-refractivity contribution in [3.63, 3.8) is 0 Å². The summed E-state index contributed by atoms with van der Waals surface area (Å²) < 4.78 is 18.5. The highest BCUT2D eigenvalue weighted by molar-refractivity contribution is 7.90. The van der Waals surface area contributed by atoms with Gasteiger partial charge in [-0.1, -0.05) is 35.9 Å². The quantitative estimate of drug-likeness (QED) is 0.326. The summed E-state index contributed by atoms with van der Waals surface area (Å²) in [7, 11) is 0. The Balaban J connectivity index is 1.32. The van der Waals surface area contributed by atoms with Gasteiger partial charge in [0.1, 0.15) is 16.2 Å². The molecule has 1 fully saturated rings. The van der Waals surface area contributed by atoms with Gasteiger partial charge in [-0.25, -0.2) is 15.0 Å². The van der Waals surface area contributed by atoms with Gasteiger partial charge in [0.15, 0.2) is 0 Å². The average molecular weight is 564 g/mol. The average Bonchev–Trinajstić information content (AvgIpc) is 3.49. The number of hydrogen-bond donors (Lipinski definition) is 2. The van der Waals surface area contributed by atoms with Crippen LogP contribution in [0.4, 0.5) is 11.8 Å². The molecule has 0 bridgehead atoms. The minimum atomic E-state index is -1.16. The van der Waals surface area contributed by atoms with E-state index in [1.165, 1.54) is 11.1 Å². The van der Waals surface area contributed by atoms with Crippen LogP contribution >= 0.6 is 11.6 Å². The third-order valence-corrected chi connectivity index (χ3v) is 10.2. The summed E-state index contributed by atoms with van der Waals surface area (Å²) in [5, 5.41) is 0.409. The number of nitrogen functional groups attached to an aromatic ring is 1. The standard InChI is InChI=1S/C29H34ClN7OS/c1-18-22(21-9-12-32-25(31)23(21)30)26-33-13-16-37(26)27(34-18)36-14-10-29(11-15-36)17-19-7-5-6-8-20(19)24(29)35-39(38)28(2,3)4/h5-9,12-13,16,24,35H,10-11,14-15,17H2,1-4H3,(H2,31,32)/t24-,39?/m1/s1. The van der Waals surface area contributed by atoms with Gasteiger partial charge >= 0.3 is 0 Å². The van der Waals surface area contributed by atoms with Crippen LogP contribution in [-0.4, -0.2) is 41.7 Å². The lowest BCUT2D eigenvalue weighted by Gasteiger charge is -2.44. The molecule has 6 rings (SSSR count). The number of imidazole rings is 1. The SMILES string of the molecule is Cc1nc(N2CCC3(CC2)Cc2ccccc2[C@H]3N[S+]([O-])C(C)(C)C)n2ccnc2c1-c1ccnc(N)c1Cl. The van der Waals surface area contributed by atoms with Gasteiger partial charge in [-0.3, -0.25) is 4.40 Å². The van der Waals surface area contributed by atoms with Crippen molar-refractivity contribution in [1.82, 2.24) is 24.1 Å². The highest BCUT2D eigenvalue weighted by atomic mass is 35.5. The first-order valence-corrected chi connectivity index (χ1v) is 14.9. The Morgan fingerprint density at radius 2 is 1.87 bits per heavy atom. The number of fused-ring (bicyclic) bond motifs is 2. The molecule has 10 heteroatoms. The van der Waals surface area contributed by atoms with Crippen molar-refractivity contribution < 1.29 is 4.55 Å². The Kier molecular flexibility index (Phi) is 6.53. The lowest BCUT2D eigenvalue weighted by Crippen LogP contribution is -2.50. The molecule has 8 nitrogen and oxygen atoms in total. The van der Waals surface area contributed by atoms with Crippen molar-refractivity contribution >= 4 is 40.4 Å². The molecule has 4 aromatic rings. The maximum Gasteiger partial charge on any atom is 0.211 e. The molecule has 1 aromatic carbocycles. The predicted octanol–water partition coefficient (Wildman–Crippen LogP) is 5.27. The zero-order valence-electron chi connectivity index (χ0n) is 22.7. The van der Waals surface area contributed by atoms with E-state index < -0.39 is 11.4 Å². The second-order valence-corrected chi connectivity index (χ2v) is 14.1. The molecule has 204 valence electrons. The Morgan fingerprint density at radius 1 is 1.13 bits per heavy atom. The van der Waals surface area contributed by atoms with Gasteiger partial charge < -0.3 is 15.2 Å². The minimum absolute atomic E-state index is 0.00618. The normalized spacial score (nSPS) is 19.5.